The van der Waals surface area contributed by atoms with Gasteiger partial charge in [0.2, 0.25) is 0 Å². The molecule has 3 N–H and O–H groups in total. The molecule has 0 aromatic heterocycles. The Morgan fingerprint density at radius 3 is 2.67 bits per heavy atom. The summed E-state index contributed by atoms with van der Waals surface area (Å²) in [6, 6.07) is 0.989. The lowest BCUT2D eigenvalue weighted by Crippen LogP contribution is -2.62. The monoisotopic (exact) mass is 421 g/mol. The van der Waals surface area contributed by atoms with Crippen LogP contribution >= 0.6 is 0 Å². The maximum atomic E-state index is 10.6. The number of unbranched alkanes of at least 4 members (excludes halogenated alkanes) is 4. The predicted molar refractivity (Wildman–Crippen MR) is 117 cm³/mol. The molecule has 0 aliphatic carbocycles. The van der Waals surface area contributed by atoms with Crippen LogP contribution < -0.4 is 0 Å². The number of piperidine rings is 1. The minimum Gasteiger partial charge on any atom is -0.481 e. The zero-order valence-corrected chi connectivity index (χ0v) is 18.3. The highest BCUT2D eigenvalue weighted by Gasteiger charge is 2.43. The van der Waals surface area contributed by atoms with Gasteiger partial charge in [0.05, 0.1) is 31.3 Å². The van der Waals surface area contributed by atoms with Crippen LogP contribution in [0.2, 0.25) is 0 Å². The number of aliphatic carboxylic acids is 1. The van der Waals surface area contributed by atoms with Crippen molar-refractivity contribution in [3.8, 4) is 0 Å². The zero-order valence-electron chi connectivity index (χ0n) is 18.3. The summed E-state index contributed by atoms with van der Waals surface area (Å²) in [6.07, 6.45) is 14.7. The molecule has 0 radical (unpaired) electrons. The average Bonchev–Trinajstić information content (AvgIpc) is 3.24. The smallest absolute Gasteiger partial charge is 0.305 e. The number of hydrogen-bond donors (Lipinski definition) is 3. The fraction of sp³-hybridized carbons (Fsp3) is 0.826. The van der Waals surface area contributed by atoms with E-state index >= 15 is 0 Å². The van der Waals surface area contributed by atoms with Gasteiger partial charge in [-0.3, -0.25) is 14.7 Å². The Morgan fingerprint density at radius 2 is 1.93 bits per heavy atom. The lowest BCUT2D eigenvalue weighted by molar-refractivity contribution is -0.139. The van der Waals surface area contributed by atoms with Crippen molar-refractivity contribution in [2.75, 3.05) is 13.2 Å². The highest BCUT2D eigenvalue weighted by molar-refractivity contribution is 5.67. The number of nitrogens with zero attached hydrogens (tertiary/aromatic N) is 3. The summed E-state index contributed by atoms with van der Waals surface area (Å²) >= 11 is 0. The van der Waals surface area contributed by atoms with Gasteiger partial charge in [0.1, 0.15) is 0 Å². The van der Waals surface area contributed by atoms with Gasteiger partial charge in [0.25, 0.3) is 0 Å². The van der Waals surface area contributed by atoms with E-state index in [0.29, 0.717) is 24.4 Å². The molecule has 30 heavy (non-hydrogen) atoms. The van der Waals surface area contributed by atoms with E-state index in [0.717, 1.165) is 45.3 Å². The van der Waals surface area contributed by atoms with Crippen LogP contribution in [0.3, 0.4) is 0 Å². The van der Waals surface area contributed by atoms with Crippen LogP contribution in [0, 0.1) is 5.92 Å². The summed E-state index contributed by atoms with van der Waals surface area (Å²) < 4.78 is 0. The Hall–Kier alpha value is -1.44. The van der Waals surface area contributed by atoms with E-state index in [1.807, 2.05) is 6.21 Å². The highest BCUT2D eigenvalue weighted by atomic mass is 16.4. The van der Waals surface area contributed by atoms with Crippen LogP contribution in [0.25, 0.3) is 0 Å². The van der Waals surface area contributed by atoms with Crippen molar-refractivity contribution in [2.24, 2.45) is 10.9 Å². The Kier molecular flexibility index (Phi) is 8.72. The minimum absolute atomic E-state index is 0.146. The Bertz CT molecular complexity index is 603. The molecular weight excluding hydrogens is 382 g/mol. The summed E-state index contributed by atoms with van der Waals surface area (Å²) in [6.45, 7) is 3.78. The first kappa shape index (κ1) is 23.2. The molecular formula is C23H39N3O4. The number of aliphatic imine (C=N–C) groups is 1. The molecule has 1 fully saturated rings. The lowest BCUT2D eigenvalue weighted by atomic mass is 9.80. The standard InChI is InChI=1S/C23H39N3O4/c1-17-22(28)15-20(25-12-10-24-16-25)21-13-18(9-11-26(17)21)7-5-3-2-4-6-8-19(27)14-23(29)30/h9-11,17-22,27-28H,2-8,12-16H2,1H3,(H,29,30)/t17-,18+,19+,20-,21+,22+/m0/s1. The summed E-state index contributed by atoms with van der Waals surface area (Å²) in [5.74, 6) is -0.333. The molecule has 0 spiro atoms. The Labute approximate surface area is 180 Å². The summed E-state index contributed by atoms with van der Waals surface area (Å²) in [5, 5.41) is 28.8. The number of fused-ring (bicyclic) bond motifs is 1. The van der Waals surface area contributed by atoms with Crippen molar-refractivity contribution in [1.29, 1.82) is 0 Å². The Balaban J connectivity index is 1.38. The molecule has 170 valence electrons. The largest absolute Gasteiger partial charge is 0.481 e. The van der Waals surface area contributed by atoms with Gasteiger partial charge in [-0.05, 0) is 44.7 Å². The number of aliphatic hydroxyl groups excluding tert-OH is 2. The van der Waals surface area contributed by atoms with Gasteiger partial charge in [0.15, 0.2) is 0 Å². The van der Waals surface area contributed by atoms with E-state index in [-0.39, 0.29) is 18.6 Å². The number of carboxylic acids is 1. The van der Waals surface area contributed by atoms with Gasteiger partial charge < -0.3 is 20.2 Å². The normalized spacial score (nSPS) is 32.4. The molecule has 0 bridgehead atoms. The molecule has 3 rings (SSSR count). The van der Waals surface area contributed by atoms with Gasteiger partial charge >= 0.3 is 5.97 Å². The van der Waals surface area contributed by atoms with E-state index in [9.17, 15) is 15.0 Å². The summed E-state index contributed by atoms with van der Waals surface area (Å²) in [7, 11) is 0. The topological polar surface area (TPSA) is 96.6 Å². The van der Waals surface area contributed by atoms with Crippen molar-refractivity contribution in [2.45, 2.75) is 101 Å². The van der Waals surface area contributed by atoms with Crippen LogP contribution in [-0.4, -0.2) is 80.9 Å². The van der Waals surface area contributed by atoms with E-state index in [4.69, 9.17) is 5.11 Å². The second-order valence-electron chi connectivity index (χ2n) is 9.34. The van der Waals surface area contributed by atoms with Gasteiger partial charge in [-0.1, -0.05) is 38.2 Å². The summed E-state index contributed by atoms with van der Waals surface area (Å²) in [4.78, 5) is 19.7. The molecule has 6 atom stereocenters. The number of hydrogen-bond acceptors (Lipinski definition) is 6. The van der Waals surface area contributed by atoms with Crippen LogP contribution in [0.4, 0.5) is 0 Å². The zero-order chi connectivity index (χ0) is 21.5. The third-order valence-electron chi connectivity index (χ3n) is 7.11. The van der Waals surface area contributed by atoms with Crippen LogP contribution in [0.15, 0.2) is 17.3 Å². The number of aliphatic hydroxyl groups is 2. The molecule has 3 aliphatic heterocycles. The molecule has 0 aromatic carbocycles. The van der Waals surface area contributed by atoms with Crippen molar-refractivity contribution in [3.05, 3.63) is 12.3 Å². The van der Waals surface area contributed by atoms with Crippen molar-refractivity contribution >= 4 is 12.2 Å². The molecule has 0 saturated carbocycles. The van der Waals surface area contributed by atoms with Gasteiger partial charge in [-0.15, -0.1) is 0 Å². The fourth-order valence-electron chi connectivity index (χ4n) is 5.29. The molecule has 3 aliphatic rings. The maximum Gasteiger partial charge on any atom is 0.305 e. The van der Waals surface area contributed by atoms with Gasteiger partial charge in [-0.2, -0.15) is 0 Å². The second kappa shape index (κ2) is 11.3. The molecule has 7 nitrogen and oxygen atoms in total. The third-order valence-corrected chi connectivity index (χ3v) is 7.11. The van der Waals surface area contributed by atoms with Crippen molar-refractivity contribution in [3.63, 3.8) is 0 Å². The van der Waals surface area contributed by atoms with Gasteiger partial charge in [-0.25, -0.2) is 0 Å². The van der Waals surface area contributed by atoms with Crippen LogP contribution in [0.5, 0.6) is 0 Å². The van der Waals surface area contributed by atoms with E-state index < -0.39 is 12.1 Å². The quantitative estimate of drug-likeness (QED) is 0.444. The second-order valence-corrected chi connectivity index (χ2v) is 9.34. The highest BCUT2D eigenvalue weighted by Crippen LogP contribution is 2.36. The number of allylic oxidation sites excluding steroid dienone is 1. The average molecular weight is 422 g/mol. The van der Waals surface area contributed by atoms with Gasteiger partial charge in [0, 0.05) is 24.8 Å². The summed E-state index contributed by atoms with van der Waals surface area (Å²) in [5.41, 5.74) is 0. The third kappa shape index (κ3) is 6.28. The molecule has 1 saturated heterocycles. The molecule has 0 unspecified atom stereocenters. The van der Waals surface area contributed by atoms with E-state index in [2.05, 4.69) is 34.0 Å². The Morgan fingerprint density at radius 1 is 1.17 bits per heavy atom. The molecule has 0 aromatic rings. The number of carboxylic acid groups (broad SMARTS) is 1. The van der Waals surface area contributed by atoms with E-state index in [1.165, 1.54) is 19.3 Å². The minimum atomic E-state index is -0.928. The molecule has 0 amide bonds. The predicted octanol–water partition coefficient (Wildman–Crippen LogP) is 2.62. The van der Waals surface area contributed by atoms with E-state index in [1.54, 1.807) is 0 Å². The SMILES string of the molecule is C[C@H]1[C@H](O)C[C@H](N2CC=NC2)[C@H]2C[C@H](CCCCCCC[C@@H](O)CC(=O)O)C=CN21. The number of carbonyl (C=O) groups is 1. The molecule has 3 heterocycles. The first-order chi connectivity index (χ1) is 14.5. The fourth-order valence-corrected chi connectivity index (χ4v) is 5.29. The van der Waals surface area contributed by atoms with Crippen molar-refractivity contribution < 1.29 is 20.1 Å². The van der Waals surface area contributed by atoms with Crippen LogP contribution in [0.1, 0.15) is 71.1 Å². The molecule has 7 heteroatoms. The van der Waals surface area contributed by atoms with Crippen LogP contribution in [-0.2, 0) is 4.79 Å². The first-order valence-electron chi connectivity index (χ1n) is 11.7. The maximum absolute atomic E-state index is 10.6. The first-order valence-corrected chi connectivity index (χ1v) is 11.7. The number of rotatable bonds is 11. The lowest BCUT2D eigenvalue weighted by Gasteiger charge is -2.52. The van der Waals surface area contributed by atoms with Crippen molar-refractivity contribution in [1.82, 2.24) is 9.80 Å².